The van der Waals surface area contributed by atoms with E-state index in [1.54, 1.807) is 24.3 Å². The summed E-state index contributed by atoms with van der Waals surface area (Å²) in [5.74, 6) is -0.360. The summed E-state index contributed by atoms with van der Waals surface area (Å²) in [7, 11) is 0. The summed E-state index contributed by atoms with van der Waals surface area (Å²) in [5, 5.41) is 8.47. The van der Waals surface area contributed by atoms with Crippen molar-refractivity contribution >= 4 is 39.3 Å². The van der Waals surface area contributed by atoms with E-state index in [-0.39, 0.29) is 30.2 Å². The number of amides is 3. The van der Waals surface area contributed by atoms with Gasteiger partial charge in [-0.25, -0.2) is 0 Å². The Labute approximate surface area is 165 Å². The predicted octanol–water partition coefficient (Wildman–Crippen LogP) is 2.64. The zero-order valence-corrected chi connectivity index (χ0v) is 16.2. The number of hydrogen-bond acceptors (Lipinski definition) is 3. The molecule has 0 aliphatic carbocycles. The predicted molar refractivity (Wildman–Crippen MR) is 106 cm³/mol. The van der Waals surface area contributed by atoms with Crippen LogP contribution in [0.3, 0.4) is 0 Å². The molecule has 1 heterocycles. The molecule has 2 aromatic carbocycles. The summed E-state index contributed by atoms with van der Waals surface area (Å²) in [6.45, 7) is 0.439. The average Bonchev–Trinajstić information content (AvgIpc) is 2.65. The van der Waals surface area contributed by atoms with Gasteiger partial charge in [-0.05, 0) is 42.3 Å². The van der Waals surface area contributed by atoms with Crippen molar-refractivity contribution in [3.05, 3.63) is 64.1 Å². The monoisotopic (exact) mass is 429 g/mol. The molecule has 0 aromatic heterocycles. The van der Waals surface area contributed by atoms with Crippen LogP contribution in [0.25, 0.3) is 0 Å². The van der Waals surface area contributed by atoms with Crippen LogP contribution in [0.2, 0.25) is 0 Å². The van der Waals surface area contributed by atoms with Crippen molar-refractivity contribution in [2.75, 3.05) is 11.9 Å². The fourth-order valence-electron chi connectivity index (χ4n) is 2.86. The molecule has 1 aliphatic rings. The Balaban J connectivity index is 1.57. The second kappa shape index (κ2) is 8.81. The number of anilines is 1. The van der Waals surface area contributed by atoms with E-state index in [1.165, 1.54) is 0 Å². The topological polar surface area (TPSA) is 87.3 Å². The van der Waals surface area contributed by atoms with E-state index in [9.17, 15) is 14.4 Å². The molecule has 140 valence electrons. The zero-order valence-electron chi connectivity index (χ0n) is 14.6. The third-order valence-electron chi connectivity index (χ3n) is 4.29. The van der Waals surface area contributed by atoms with Crippen molar-refractivity contribution in [2.45, 2.75) is 25.3 Å². The van der Waals surface area contributed by atoms with Crippen LogP contribution >= 0.6 is 15.9 Å². The maximum Gasteiger partial charge on any atom is 0.251 e. The lowest BCUT2D eigenvalue weighted by atomic mass is 10.1. The number of carbonyl (C=O) groups excluding carboxylic acids is 3. The van der Waals surface area contributed by atoms with E-state index in [1.807, 2.05) is 24.3 Å². The van der Waals surface area contributed by atoms with Crippen molar-refractivity contribution in [3.8, 4) is 0 Å². The van der Waals surface area contributed by atoms with Crippen LogP contribution in [-0.4, -0.2) is 30.3 Å². The quantitative estimate of drug-likeness (QED) is 0.682. The SMILES string of the molecule is O=C1CCC(NC(=O)c2cccc(NC(=O)Cc3ccc(Br)cc3)c2)CN1. The number of nitrogens with one attached hydrogen (secondary N) is 3. The minimum absolute atomic E-state index is 0.0102. The van der Waals surface area contributed by atoms with Gasteiger partial charge in [-0.1, -0.05) is 34.1 Å². The van der Waals surface area contributed by atoms with Gasteiger partial charge in [0.05, 0.1) is 6.42 Å². The molecule has 0 bridgehead atoms. The lowest BCUT2D eigenvalue weighted by Gasteiger charge is -2.23. The highest BCUT2D eigenvalue weighted by molar-refractivity contribution is 9.10. The summed E-state index contributed by atoms with van der Waals surface area (Å²) in [6, 6.07) is 14.3. The van der Waals surface area contributed by atoms with E-state index in [2.05, 4.69) is 31.9 Å². The molecule has 0 spiro atoms. The highest BCUT2D eigenvalue weighted by Crippen LogP contribution is 2.14. The van der Waals surface area contributed by atoms with Gasteiger partial charge in [0.1, 0.15) is 0 Å². The summed E-state index contributed by atoms with van der Waals surface area (Å²) >= 11 is 3.37. The Morgan fingerprint density at radius 3 is 2.63 bits per heavy atom. The van der Waals surface area contributed by atoms with E-state index < -0.39 is 0 Å². The van der Waals surface area contributed by atoms with Gasteiger partial charge in [-0.2, -0.15) is 0 Å². The van der Waals surface area contributed by atoms with Gasteiger partial charge in [0.2, 0.25) is 11.8 Å². The maximum atomic E-state index is 12.4. The van der Waals surface area contributed by atoms with Gasteiger partial charge in [0.15, 0.2) is 0 Å². The first-order valence-corrected chi connectivity index (χ1v) is 9.51. The summed E-state index contributed by atoms with van der Waals surface area (Å²) < 4.78 is 0.961. The molecule has 1 atom stereocenters. The Kier molecular flexibility index (Phi) is 6.24. The smallest absolute Gasteiger partial charge is 0.251 e. The van der Waals surface area contributed by atoms with E-state index >= 15 is 0 Å². The number of piperidine rings is 1. The first-order valence-electron chi connectivity index (χ1n) is 8.71. The molecule has 3 rings (SSSR count). The van der Waals surface area contributed by atoms with Crippen LogP contribution in [0.1, 0.15) is 28.8 Å². The molecule has 7 heteroatoms. The molecule has 1 saturated heterocycles. The normalized spacial score (nSPS) is 16.3. The summed E-state index contributed by atoms with van der Waals surface area (Å²) in [4.78, 5) is 35.8. The highest BCUT2D eigenvalue weighted by atomic mass is 79.9. The lowest BCUT2D eigenvalue weighted by molar-refractivity contribution is -0.122. The molecule has 1 fully saturated rings. The van der Waals surface area contributed by atoms with Crippen LogP contribution in [0.15, 0.2) is 53.0 Å². The molecule has 0 saturated carbocycles. The zero-order chi connectivity index (χ0) is 19.2. The van der Waals surface area contributed by atoms with Crippen molar-refractivity contribution in [3.63, 3.8) is 0 Å². The van der Waals surface area contributed by atoms with Gasteiger partial charge >= 0.3 is 0 Å². The lowest BCUT2D eigenvalue weighted by Crippen LogP contribution is -2.47. The first-order chi connectivity index (χ1) is 13.0. The molecule has 2 aromatic rings. The maximum absolute atomic E-state index is 12.4. The van der Waals surface area contributed by atoms with E-state index in [0.717, 1.165) is 10.0 Å². The molecule has 3 N–H and O–H groups in total. The minimum atomic E-state index is -0.222. The van der Waals surface area contributed by atoms with Crippen LogP contribution in [0.4, 0.5) is 5.69 Å². The van der Waals surface area contributed by atoms with Gasteiger partial charge in [-0.15, -0.1) is 0 Å². The van der Waals surface area contributed by atoms with Crippen LogP contribution in [-0.2, 0) is 16.0 Å². The third-order valence-corrected chi connectivity index (χ3v) is 4.82. The van der Waals surface area contributed by atoms with Crippen LogP contribution in [0.5, 0.6) is 0 Å². The second-order valence-corrected chi connectivity index (χ2v) is 7.36. The van der Waals surface area contributed by atoms with Gasteiger partial charge in [-0.3, -0.25) is 14.4 Å². The number of benzene rings is 2. The summed E-state index contributed by atoms with van der Waals surface area (Å²) in [5.41, 5.74) is 1.94. The number of rotatable bonds is 5. The molecule has 27 heavy (non-hydrogen) atoms. The van der Waals surface area contributed by atoms with Crippen molar-refractivity contribution in [1.82, 2.24) is 10.6 Å². The fourth-order valence-corrected chi connectivity index (χ4v) is 3.12. The average molecular weight is 430 g/mol. The van der Waals surface area contributed by atoms with E-state index in [4.69, 9.17) is 0 Å². The van der Waals surface area contributed by atoms with Crippen molar-refractivity contribution in [1.29, 1.82) is 0 Å². The van der Waals surface area contributed by atoms with E-state index in [0.29, 0.717) is 30.6 Å². The first kappa shape index (κ1) is 19.1. The minimum Gasteiger partial charge on any atom is -0.354 e. The van der Waals surface area contributed by atoms with Crippen molar-refractivity contribution in [2.24, 2.45) is 0 Å². The van der Waals surface area contributed by atoms with Gasteiger partial charge < -0.3 is 16.0 Å². The number of halogens is 1. The highest BCUT2D eigenvalue weighted by Gasteiger charge is 2.20. The van der Waals surface area contributed by atoms with Crippen molar-refractivity contribution < 1.29 is 14.4 Å². The van der Waals surface area contributed by atoms with Gasteiger partial charge in [0.25, 0.3) is 5.91 Å². The molecule has 1 aliphatic heterocycles. The Bertz CT molecular complexity index is 842. The fraction of sp³-hybridized carbons (Fsp3) is 0.250. The summed E-state index contributed by atoms with van der Waals surface area (Å²) in [6.07, 6.45) is 1.30. The van der Waals surface area contributed by atoms with Crippen LogP contribution < -0.4 is 16.0 Å². The van der Waals surface area contributed by atoms with Gasteiger partial charge in [0, 0.05) is 34.7 Å². The Morgan fingerprint density at radius 2 is 1.93 bits per heavy atom. The van der Waals surface area contributed by atoms with Crippen LogP contribution in [0, 0.1) is 0 Å². The Morgan fingerprint density at radius 1 is 1.15 bits per heavy atom. The number of carbonyl (C=O) groups is 3. The number of hydrogen-bond donors (Lipinski definition) is 3. The molecular formula is C20H20BrN3O3. The second-order valence-electron chi connectivity index (χ2n) is 6.45. The molecular weight excluding hydrogens is 410 g/mol. The molecule has 1 unspecified atom stereocenters. The third kappa shape index (κ3) is 5.65. The molecule has 6 nitrogen and oxygen atoms in total. The molecule has 0 radical (unpaired) electrons. The molecule has 3 amide bonds. The Hall–Kier alpha value is -2.67. The standard InChI is InChI=1S/C20H20BrN3O3/c21-15-6-4-13(5-7-15)10-19(26)23-16-3-1-2-14(11-16)20(27)24-17-8-9-18(25)22-12-17/h1-7,11,17H,8-10,12H2,(H,22,25)(H,23,26)(H,24,27). The largest absolute Gasteiger partial charge is 0.354 e.